The molecule has 10 nitrogen and oxygen atoms in total. The van der Waals surface area contributed by atoms with E-state index in [2.05, 4.69) is 34.7 Å². The molecule has 5 unspecified atom stereocenters. The summed E-state index contributed by atoms with van der Waals surface area (Å²) in [5.74, 6) is -1.52. The number of aliphatic hydroxyl groups excluding tert-OH is 1. The van der Waals surface area contributed by atoms with Crippen molar-refractivity contribution in [3.05, 3.63) is 38.6 Å². The van der Waals surface area contributed by atoms with E-state index in [4.69, 9.17) is 10.5 Å². The van der Waals surface area contributed by atoms with E-state index in [1.807, 2.05) is 6.07 Å². The molecule has 0 aromatic heterocycles. The molecule has 2 amide bonds. The van der Waals surface area contributed by atoms with Gasteiger partial charge in [-0.3, -0.25) is 9.59 Å². The second-order valence-electron chi connectivity index (χ2n) is 12.6. The van der Waals surface area contributed by atoms with Crippen LogP contribution in [0.5, 0.6) is 5.75 Å². The van der Waals surface area contributed by atoms with Gasteiger partial charge >= 0.3 is 5.97 Å². The first-order chi connectivity index (χ1) is 19.0. The first-order valence-electron chi connectivity index (χ1n) is 14.5. The van der Waals surface area contributed by atoms with Crippen LogP contribution in [0, 0.1) is 15.4 Å². The van der Waals surface area contributed by atoms with Gasteiger partial charge in [0.1, 0.15) is 56.8 Å². The fourth-order valence-electron chi connectivity index (χ4n) is 8.12. The Hall–Kier alpha value is -2.22. The highest BCUT2D eigenvalue weighted by molar-refractivity contribution is 14.1. The second-order valence-corrected chi connectivity index (χ2v) is 13.8. The van der Waals surface area contributed by atoms with Crippen LogP contribution in [0.1, 0.15) is 31.7 Å². The number of carbonyl (C=O) groups excluding carboxylic acids is 2. The van der Waals surface area contributed by atoms with Gasteiger partial charge in [-0.05, 0) is 66.5 Å². The van der Waals surface area contributed by atoms with Gasteiger partial charge in [-0.2, -0.15) is 0 Å². The number of rotatable bonds is 9. The van der Waals surface area contributed by atoms with Gasteiger partial charge in [-0.15, -0.1) is 0 Å². The number of benzene rings is 1. The van der Waals surface area contributed by atoms with Crippen LogP contribution in [0.4, 0.5) is 0 Å². The maximum absolute atomic E-state index is 12.8. The standard InChI is InChI=1S/C29H37IN4O6/c1-17(35)24-26-19-3-2-4-22(25(19)27(29(38)39)32(26)28(24)37)40-21-6-5-18(15-20(21)30)7-8-33-9-12-34(13-10-33,14-11-33)16-23(31)36/h5-6,15,17,19,22,24,26,35H,2-4,7-14,16H2,1H3,(H-2,31,36,38,39)/p+2. The van der Waals surface area contributed by atoms with Crippen LogP contribution in [-0.4, -0.2) is 112 Å². The highest BCUT2D eigenvalue weighted by atomic mass is 127. The third-order valence-electron chi connectivity index (χ3n) is 10.3. The molecule has 4 saturated heterocycles. The van der Waals surface area contributed by atoms with Gasteiger partial charge in [0, 0.05) is 17.9 Å². The molecule has 5 fully saturated rings. The molecule has 11 heteroatoms. The zero-order valence-corrected chi connectivity index (χ0v) is 25.1. The molecular weight excluding hydrogens is 627 g/mol. The van der Waals surface area contributed by atoms with Crippen LogP contribution in [-0.2, 0) is 20.8 Å². The molecule has 2 bridgehead atoms. The van der Waals surface area contributed by atoms with Gasteiger partial charge in [0.15, 0.2) is 6.54 Å². The van der Waals surface area contributed by atoms with Crippen LogP contribution in [0.3, 0.4) is 0 Å². The zero-order chi connectivity index (χ0) is 28.4. The quantitative estimate of drug-likeness (QED) is 0.206. The van der Waals surface area contributed by atoms with Crippen molar-refractivity contribution >= 4 is 40.4 Å². The lowest BCUT2D eigenvalue weighted by molar-refractivity contribution is -1.08. The first kappa shape index (κ1) is 27.9. The summed E-state index contributed by atoms with van der Waals surface area (Å²) in [5, 5.41) is 20.3. The maximum Gasteiger partial charge on any atom is 0.352 e. The lowest BCUT2D eigenvalue weighted by atomic mass is 9.71. The SMILES string of the molecule is CC(O)C1C(=O)N2C(C(=O)O)=C3C(Oc4ccc(CC[N+]56CC[N+](CC(N)=O)(CC5)CC6)cc4I)CCCC3C12. The maximum atomic E-state index is 12.8. The van der Waals surface area contributed by atoms with Crippen molar-refractivity contribution in [2.45, 2.75) is 50.9 Å². The molecule has 0 spiro atoms. The van der Waals surface area contributed by atoms with E-state index in [9.17, 15) is 24.6 Å². The largest absolute Gasteiger partial charge is 0.485 e. The summed E-state index contributed by atoms with van der Waals surface area (Å²) in [6.45, 7) is 9.47. The summed E-state index contributed by atoms with van der Waals surface area (Å²) in [6.07, 6.45) is 2.12. The van der Waals surface area contributed by atoms with Crippen molar-refractivity contribution < 1.29 is 38.3 Å². The monoisotopic (exact) mass is 666 g/mol. The number of carboxylic acids is 1. The Balaban J connectivity index is 1.14. The fraction of sp³-hybridized carbons (Fsp3) is 0.621. The van der Waals surface area contributed by atoms with Crippen molar-refractivity contribution in [1.82, 2.24) is 4.90 Å². The summed E-state index contributed by atoms with van der Waals surface area (Å²) in [5.41, 5.74) is 7.53. The number of primary amides is 1. The van der Waals surface area contributed by atoms with Gasteiger partial charge in [-0.1, -0.05) is 6.07 Å². The number of nitrogens with two attached hydrogens (primary N) is 1. The molecule has 5 aliphatic heterocycles. The van der Waals surface area contributed by atoms with Crippen molar-refractivity contribution in [3.8, 4) is 5.75 Å². The van der Waals surface area contributed by atoms with Crippen LogP contribution in [0.15, 0.2) is 29.5 Å². The zero-order valence-electron chi connectivity index (χ0n) is 22.9. The predicted octanol–water partition coefficient (Wildman–Crippen LogP) is 1.09. The highest BCUT2D eigenvalue weighted by Gasteiger charge is 2.62. The molecule has 216 valence electrons. The molecule has 5 heterocycles. The Bertz CT molecular complexity index is 1260. The number of quaternary nitrogens is 2. The average Bonchev–Trinajstić information content (AvgIpc) is 3.21. The number of halogens is 1. The Morgan fingerprint density at radius 1 is 1.15 bits per heavy atom. The number of piperazine rings is 3. The highest BCUT2D eigenvalue weighted by Crippen LogP contribution is 2.52. The third-order valence-corrected chi connectivity index (χ3v) is 11.2. The number of ether oxygens (including phenoxy) is 1. The Labute approximate surface area is 248 Å². The minimum atomic E-state index is -1.10. The van der Waals surface area contributed by atoms with Crippen LogP contribution >= 0.6 is 22.6 Å². The van der Waals surface area contributed by atoms with Gasteiger partial charge in [0.05, 0.1) is 28.2 Å². The van der Waals surface area contributed by atoms with Crippen LogP contribution < -0.4 is 10.5 Å². The number of hydrogen-bond acceptors (Lipinski definition) is 5. The second kappa shape index (κ2) is 10.2. The van der Waals surface area contributed by atoms with E-state index in [-0.39, 0.29) is 29.5 Å². The van der Waals surface area contributed by atoms with Gasteiger partial charge in [-0.25, -0.2) is 4.79 Å². The molecule has 40 heavy (non-hydrogen) atoms. The number of nitrogens with zero attached hydrogens (tertiary/aromatic N) is 3. The summed E-state index contributed by atoms with van der Waals surface area (Å²) in [7, 11) is 0. The molecular formula is C29H39IN4O6+2. The smallest absolute Gasteiger partial charge is 0.352 e. The summed E-state index contributed by atoms with van der Waals surface area (Å²) >= 11 is 2.30. The molecule has 0 radical (unpaired) electrons. The number of carbonyl (C=O) groups is 3. The molecule has 1 aromatic carbocycles. The lowest BCUT2D eigenvalue weighted by Crippen LogP contribution is -2.76. The number of β-lactam (4-membered cyclic amide) rings is 1. The van der Waals surface area contributed by atoms with E-state index in [0.29, 0.717) is 18.5 Å². The van der Waals surface area contributed by atoms with Gasteiger partial charge < -0.3 is 34.5 Å². The molecule has 1 aliphatic carbocycles. The van der Waals surface area contributed by atoms with Crippen molar-refractivity contribution in [3.63, 3.8) is 0 Å². The fourth-order valence-corrected chi connectivity index (χ4v) is 8.83. The number of fused-ring (bicyclic) bond motifs is 6. The minimum Gasteiger partial charge on any atom is -0.485 e. The molecule has 1 saturated carbocycles. The number of carboxylic acid groups (broad SMARTS) is 1. The number of hydrogen-bond donors (Lipinski definition) is 3. The molecule has 7 rings (SSSR count). The van der Waals surface area contributed by atoms with Crippen LogP contribution in [0.25, 0.3) is 0 Å². The van der Waals surface area contributed by atoms with Gasteiger partial charge in [0.25, 0.3) is 5.91 Å². The van der Waals surface area contributed by atoms with Gasteiger partial charge in [0.2, 0.25) is 5.91 Å². The first-order valence-corrected chi connectivity index (χ1v) is 15.5. The minimum absolute atomic E-state index is 0.0590. The lowest BCUT2D eigenvalue weighted by Gasteiger charge is -2.55. The normalized spacial score (nSPS) is 35.2. The van der Waals surface area contributed by atoms with E-state index in [1.54, 1.807) is 6.92 Å². The Morgan fingerprint density at radius 2 is 1.82 bits per heavy atom. The number of amides is 2. The molecule has 5 atom stereocenters. The molecule has 6 aliphatic rings. The Morgan fingerprint density at radius 3 is 2.42 bits per heavy atom. The van der Waals surface area contributed by atoms with Crippen LogP contribution in [0.2, 0.25) is 0 Å². The Kier molecular flexibility index (Phi) is 7.16. The van der Waals surface area contributed by atoms with Crippen molar-refractivity contribution in [2.75, 3.05) is 52.4 Å². The number of aliphatic hydroxyl groups is 1. The summed E-state index contributed by atoms with van der Waals surface area (Å²) in [6, 6.07) is 5.98. The van der Waals surface area contributed by atoms with E-state index in [1.165, 1.54) is 10.5 Å². The van der Waals surface area contributed by atoms with Crippen molar-refractivity contribution in [2.24, 2.45) is 17.6 Å². The summed E-state index contributed by atoms with van der Waals surface area (Å²) < 4.78 is 9.45. The molecule has 4 N–H and O–H groups in total. The van der Waals surface area contributed by atoms with E-state index < -0.39 is 24.1 Å². The third kappa shape index (κ3) is 4.62. The van der Waals surface area contributed by atoms with E-state index >= 15 is 0 Å². The molecule has 1 aromatic rings. The summed E-state index contributed by atoms with van der Waals surface area (Å²) in [4.78, 5) is 38.0. The number of aliphatic carboxylic acids is 1. The van der Waals surface area contributed by atoms with E-state index in [0.717, 1.165) is 83.4 Å². The van der Waals surface area contributed by atoms with Crippen molar-refractivity contribution in [1.29, 1.82) is 0 Å². The topological polar surface area (TPSA) is 130 Å². The predicted molar refractivity (Wildman–Crippen MR) is 154 cm³/mol. The average molecular weight is 667 g/mol.